The number of hydrogen-bond acceptors (Lipinski definition) is 2. The monoisotopic (exact) mass is 460 g/mol. The lowest BCUT2D eigenvalue weighted by atomic mass is 9.72. The standard InChI is InChI=1S/C32H44O2/c1-9-34-31(33)29(6)20-13-19-26(3)16-11-10-15-25(2)17-12-18-27(4)22-23-30-28(5)21-14-24-32(30,7)8/h10-13,15-20,22-23H,9,14,21,24H2,1-8H3/b11-10+,17-12+,19-13+,23-22+,25-15+,26-16+,27-18-,29-20+. The lowest BCUT2D eigenvalue weighted by Crippen LogP contribution is -2.19. The SMILES string of the molecule is CCOC(=O)/C(C)=C/C=C/C(C)=C/C=C/C=C(C)/C=C/C=C(C)\C=C\C1=C(C)CCCC1(C)C. The topological polar surface area (TPSA) is 26.3 Å². The molecule has 0 atom stereocenters. The van der Waals surface area contributed by atoms with Crippen molar-refractivity contribution >= 4 is 5.97 Å². The van der Waals surface area contributed by atoms with E-state index in [9.17, 15) is 4.79 Å². The second-order valence-corrected chi connectivity index (χ2v) is 9.67. The minimum Gasteiger partial charge on any atom is -0.463 e. The van der Waals surface area contributed by atoms with Crippen LogP contribution >= 0.6 is 0 Å². The Morgan fingerprint density at radius 3 is 1.94 bits per heavy atom. The van der Waals surface area contributed by atoms with E-state index in [0.29, 0.717) is 12.2 Å². The summed E-state index contributed by atoms with van der Waals surface area (Å²) in [5, 5.41) is 0. The van der Waals surface area contributed by atoms with E-state index in [1.807, 2.05) is 37.3 Å². The van der Waals surface area contributed by atoms with Crippen molar-refractivity contribution in [3.63, 3.8) is 0 Å². The molecule has 0 spiro atoms. The molecule has 2 nitrogen and oxygen atoms in total. The van der Waals surface area contributed by atoms with Crippen molar-refractivity contribution in [2.75, 3.05) is 6.61 Å². The predicted molar refractivity (Wildman–Crippen MR) is 149 cm³/mol. The van der Waals surface area contributed by atoms with Crippen LogP contribution in [0.15, 0.2) is 106 Å². The summed E-state index contributed by atoms with van der Waals surface area (Å²) in [5.41, 5.74) is 7.44. The number of rotatable bonds is 10. The van der Waals surface area contributed by atoms with Crippen molar-refractivity contribution in [2.24, 2.45) is 5.41 Å². The summed E-state index contributed by atoms with van der Waals surface area (Å²) in [6, 6.07) is 0. The molecule has 0 saturated carbocycles. The van der Waals surface area contributed by atoms with Crippen LogP contribution in [0.1, 0.15) is 74.7 Å². The number of carbonyl (C=O) groups excluding carboxylic acids is 1. The highest BCUT2D eigenvalue weighted by atomic mass is 16.5. The number of esters is 1. The molecule has 0 aromatic heterocycles. The van der Waals surface area contributed by atoms with Crippen LogP contribution in [0.3, 0.4) is 0 Å². The molecule has 0 heterocycles. The molecule has 0 fully saturated rings. The minimum atomic E-state index is -0.274. The highest BCUT2D eigenvalue weighted by Gasteiger charge is 2.26. The normalized spacial score (nSPS) is 18.8. The van der Waals surface area contributed by atoms with Crippen LogP contribution < -0.4 is 0 Å². The summed E-state index contributed by atoms with van der Waals surface area (Å²) in [4.78, 5) is 11.6. The molecule has 0 amide bonds. The van der Waals surface area contributed by atoms with Gasteiger partial charge in [-0.1, -0.05) is 109 Å². The molecule has 1 rings (SSSR count). The Labute approximate surface area is 208 Å². The van der Waals surface area contributed by atoms with Gasteiger partial charge in [-0.2, -0.15) is 0 Å². The van der Waals surface area contributed by atoms with Gasteiger partial charge in [-0.05, 0) is 71.8 Å². The Morgan fingerprint density at radius 1 is 0.853 bits per heavy atom. The van der Waals surface area contributed by atoms with Gasteiger partial charge in [0.1, 0.15) is 0 Å². The zero-order valence-corrected chi connectivity index (χ0v) is 22.6. The van der Waals surface area contributed by atoms with E-state index >= 15 is 0 Å². The number of allylic oxidation sites excluding steroid dienone is 17. The molecular formula is C32H44O2. The van der Waals surface area contributed by atoms with Gasteiger partial charge in [0.05, 0.1) is 6.61 Å². The molecule has 1 aliphatic rings. The lowest BCUT2D eigenvalue weighted by Gasteiger charge is -2.32. The summed E-state index contributed by atoms with van der Waals surface area (Å²) in [6.45, 7) is 17.2. The van der Waals surface area contributed by atoms with Crippen molar-refractivity contribution in [3.8, 4) is 0 Å². The van der Waals surface area contributed by atoms with E-state index in [4.69, 9.17) is 4.74 Å². The molecule has 0 aromatic rings. The van der Waals surface area contributed by atoms with E-state index in [2.05, 4.69) is 71.1 Å². The Hall–Kier alpha value is -2.87. The van der Waals surface area contributed by atoms with E-state index in [-0.39, 0.29) is 11.4 Å². The lowest BCUT2D eigenvalue weighted by molar-refractivity contribution is -0.138. The molecule has 0 bridgehead atoms. The van der Waals surface area contributed by atoms with Gasteiger partial charge in [-0.3, -0.25) is 0 Å². The van der Waals surface area contributed by atoms with Crippen molar-refractivity contribution in [3.05, 3.63) is 106 Å². The molecule has 184 valence electrons. The second kappa shape index (κ2) is 15.1. The van der Waals surface area contributed by atoms with Gasteiger partial charge >= 0.3 is 5.97 Å². The molecule has 1 aliphatic carbocycles. The maximum absolute atomic E-state index is 11.6. The van der Waals surface area contributed by atoms with Gasteiger partial charge in [0.2, 0.25) is 0 Å². The molecule has 0 aromatic carbocycles. The Bertz CT molecular complexity index is 966. The fourth-order valence-corrected chi connectivity index (χ4v) is 3.82. The fourth-order valence-electron chi connectivity index (χ4n) is 3.82. The van der Waals surface area contributed by atoms with Crippen LogP contribution in [0.5, 0.6) is 0 Å². The average molecular weight is 461 g/mol. The molecule has 0 radical (unpaired) electrons. The summed E-state index contributed by atoms with van der Waals surface area (Å²) >= 11 is 0. The Morgan fingerprint density at radius 2 is 1.38 bits per heavy atom. The highest BCUT2D eigenvalue weighted by molar-refractivity contribution is 5.88. The van der Waals surface area contributed by atoms with Crippen molar-refractivity contribution in [1.82, 2.24) is 0 Å². The largest absolute Gasteiger partial charge is 0.463 e. The van der Waals surface area contributed by atoms with Crippen LogP contribution in [-0.4, -0.2) is 12.6 Å². The van der Waals surface area contributed by atoms with Gasteiger partial charge < -0.3 is 4.74 Å². The third kappa shape index (κ3) is 11.3. The first-order valence-corrected chi connectivity index (χ1v) is 12.3. The van der Waals surface area contributed by atoms with Crippen molar-refractivity contribution in [1.29, 1.82) is 0 Å². The summed E-state index contributed by atoms with van der Waals surface area (Å²) in [7, 11) is 0. The maximum Gasteiger partial charge on any atom is 0.333 e. The van der Waals surface area contributed by atoms with Gasteiger partial charge in [-0.25, -0.2) is 4.79 Å². The Kier molecular flexibility index (Phi) is 13.0. The van der Waals surface area contributed by atoms with Crippen LogP contribution in [0, 0.1) is 5.41 Å². The average Bonchev–Trinajstić information content (AvgIpc) is 2.76. The van der Waals surface area contributed by atoms with Crippen LogP contribution in [0.25, 0.3) is 0 Å². The fraction of sp³-hybridized carbons (Fsp3) is 0.406. The molecule has 0 saturated heterocycles. The van der Waals surface area contributed by atoms with E-state index < -0.39 is 0 Å². The first-order chi connectivity index (χ1) is 16.1. The first-order valence-electron chi connectivity index (χ1n) is 12.3. The molecular weight excluding hydrogens is 416 g/mol. The molecule has 0 aliphatic heterocycles. The quantitative estimate of drug-likeness (QED) is 0.185. The second-order valence-electron chi connectivity index (χ2n) is 9.67. The van der Waals surface area contributed by atoms with Crippen molar-refractivity contribution < 1.29 is 9.53 Å². The number of hydrogen-bond donors (Lipinski definition) is 0. The Balaban J connectivity index is 2.63. The first kappa shape index (κ1) is 29.2. The van der Waals surface area contributed by atoms with Crippen LogP contribution in [-0.2, 0) is 9.53 Å². The molecule has 34 heavy (non-hydrogen) atoms. The smallest absolute Gasteiger partial charge is 0.333 e. The summed E-state index contributed by atoms with van der Waals surface area (Å²) in [6.07, 6.45) is 28.5. The summed E-state index contributed by atoms with van der Waals surface area (Å²) < 4.78 is 4.96. The molecule has 0 N–H and O–H groups in total. The number of ether oxygens (including phenoxy) is 1. The number of carbonyl (C=O) groups is 1. The van der Waals surface area contributed by atoms with Gasteiger partial charge in [0.25, 0.3) is 0 Å². The third-order valence-corrected chi connectivity index (χ3v) is 5.91. The summed E-state index contributed by atoms with van der Waals surface area (Å²) in [5.74, 6) is -0.274. The van der Waals surface area contributed by atoms with Crippen molar-refractivity contribution in [2.45, 2.75) is 74.7 Å². The van der Waals surface area contributed by atoms with Gasteiger partial charge in [0, 0.05) is 5.57 Å². The van der Waals surface area contributed by atoms with E-state index in [1.54, 1.807) is 19.9 Å². The molecule has 2 heteroatoms. The minimum absolute atomic E-state index is 0.274. The molecule has 0 unspecified atom stereocenters. The van der Waals surface area contributed by atoms with E-state index in [1.165, 1.54) is 41.6 Å². The van der Waals surface area contributed by atoms with E-state index in [0.717, 1.165) is 5.57 Å². The zero-order valence-electron chi connectivity index (χ0n) is 22.6. The third-order valence-electron chi connectivity index (χ3n) is 5.91. The highest BCUT2D eigenvalue weighted by Crippen LogP contribution is 2.40. The van der Waals surface area contributed by atoms with Gasteiger partial charge in [0.15, 0.2) is 0 Å². The zero-order chi connectivity index (χ0) is 25.6. The van der Waals surface area contributed by atoms with Crippen LogP contribution in [0.4, 0.5) is 0 Å². The predicted octanol–water partition coefficient (Wildman–Crippen LogP) is 9.09. The van der Waals surface area contributed by atoms with Crippen LogP contribution in [0.2, 0.25) is 0 Å². The maximum atomic E-state index is 11.6. The van der Waals surface area contributed by atoms with Gasteiger partial charge in [-0.15, -0.1) is 0 Å².